The molecule has 0 unspecified atom stereocenters. The molecule has 1 fully saturated rings. The molecule has 0 spiro atoms. The summed E-state index contributed by atoms with van der Waals surface area (Å²) < 4.78 is 0. The maximum atomic E-state index is 11.1. The van der Waals surface area contributed by atoms with Crippen molar-refractivity contribution < 1.29 is 9.90 Å². The second-order valence-corrected chi connectivity index (χ2v) is 3.54. The van der Waals surface area contributed by atoms with E-state index in [1.54, 1.807) is 0 Å². The maximum Gasteiger partial charge on any atom is 0.135 e. The summed E-state index contributed by atoms with van der Waals surface area (Å²) in [6.45, 7) is 1.99. The van der Waals surface area contributed by atoms with Crippen molar-refractivity contribution in [2.75, 3.05) is 0 Å². The highest BCUT2D eigenvalue weighted by molar-refractivity contribution is 5.79. The van der Waals surface area contributed by atoms with Gasteiger partial charge in [-0.1, -0.05) is 6.92 Å². The topological polar surface area (TPSA) is 37.3 Å². The number of ketones is 1. The van der Waals surface area contributed by atoms with Crippen molar-refractivity contribution in [2.45, 2.75) is 51.0 Å². The molecule has 0 saturated heterocycles. The summed E-state index contributed by atoms with van der Waals surface area (Å²) in [6.07, 6.45) is 4.64. The predicted octanol–water partition coefficient (Wildman–Crippen LogP) is 1.66. The minimum Gasteiger partial charge on any atom is -0.389 e. The third-order valence-corrected chi connectivity index (χ3v) is 2.34. The molecular formula is C9H16O2. The molecular weight excluding hydrogens is 140 g/mol. The summed E-state index contributed by atoms with van der Waals surface area (Å²) in [5.41, 5.74) is -0.605. The molecule has 0 aliphatic heterocycles. The van der Waals surface area contributed by atoms with Gasteiger partial charge in [-0.25, -0.2) is 0 Å². The van der Waals surface area contributed by atoms with Crippen LogP contribution in [0.3, 0.4) is 0 Å². The van der Waals surface area contributed by atoms with Crippen molar-refractivity contribution in [1.82, 2.24) is 0 Å². The first-order chi connectivity index (χ1) is 5.16. The van der Waals surface area contributed by atoms with Crippen molar-refractivity contribution in [1.29, 1.82) is 0 Å². The summed E-state index contributed by atoms with van der Waals surface area (Å²) >= 11 is 0. The molecule has 11 heavy (non-hydrogen) atoms. The Morgan fingerprint density at radius 1 is 1.55 bits per heavy atom. The highest BCUT2D eigenvalue weighted by atomic mass is 16.3. The Labute approximate surface area is 67.6 Å². The van der Waals surface area contributed by atoms with Gasteiger partial charge in [0, 0.05) is 12.8 Å². The van der Waals surface area contributed by atoms with E-state index in [9.17, 15) is 9.90 Å². The summed E-state index contributed by atoms with van der Waals surface area (Å²) in [7, 11) is 0. The van der Waals surface area contributed by atoms with E-state index in [1.807, 2.05) is 6.92 Å². The van der Waals surface area contributed by atoms with Crippen LogP contribution in [0.15, 0.2) is 0 Å². The van der Waals surface area contributed by atoms with Crippen LogP contribution in [0.4, 0.5) is 0 Å². The fraction of sp³-hybridized carbons (Fsp3) is 0.889. The molecule has 1 N–H and O–H groups in total. The third kappa shape index (κ3) is 2.29. The molecule has 0 radical (unpaired) electrons. The lowest BCUT2D eigenvalue weighted by Crippen LogP contribution is -2.38. The Morgan fingerprint density at radius 3 is 2.55 bits per heavy atom. The lowest BCUT2D eigenvalue weighted by atomic mass is 9.76. The van der Waals surface area contributed by atoms with E-state index in [0.717, 1.165) is 25.7 Å². The summed E-state index contributed by atoms with van der Waals surface area (Å²) in [5.74, 6) is 0.217. The summed E-state index contributed by atoms with van der Waals surface area (Å²) in [5, 5.41) is 9.59. The van der Waals surface area contributed by atoms with Crippen LogP contribution in [0.5, 0.6) is 0 Å². The Hall–Kier alpha value is -0.370. The fourth-order valence-electron chi connectivity index (χ4n) is 1.50. The van der Waals surface area contributed by atoms with Gasteiger partial charge >= 0.3 is 0 Å². The van der Waals surface area contributed by atoms with E-state index in [-0.39, 0.29) is 5.78 Å². The van der Waals surface area contributed by atoms with Gasteiger partial charge in [0.25, 0.3) is 0 Å². The SMILES string of the molecule is CCCC(=O)CC1(O)CCC1. The number of aliphatic hydroxyl groups is 1. The zero-order valence-electron chi connectivity index (χ0n) is 7.10. The third-order valence-electron chi connectivity index (χ3n) is 2.34. The largest absolute Gasteiger partial charge is 0.389 e. The van der Waals surface area contributed by atoms with Crippen molar-refractivity contribution >= 4 is 5.78 Å². The monoisotopic (exact) mass is 156 g/mol. The van der Waals surface area contributed by atoms with E-state index >= 15 is 0 Å². The molecule has 0 aromatic carbocycles. The van der Waals surface area contributed by atoms with Crippen LogP contribution in [0.25, 0.3) is 0 Å². The summed E-state index contributed by atoms with van der Waals surface area (Å²) in [4.78, 5) is 11.1. The van der Waals surface area contributed by atoms with Gasteiger partial charge < -0.3 is 5.11 Å². The highest BCUT2D eigenvalue weighted by Gasteiger charge is 2.35. The van der Waals surface area contributed by atoms with E-state index in [4.69, 9.17) is 0 Å². The Kier molecular flexibility index (Phi) is 2.66. The van der Waals surface area contributed by atoms with Crippen LogP contribution in [-0.2, 0) is 4.79 Å². The van der Waals surface area contributed by atoms with E-state index in [2.05, 4.69) is 0 Å². The van der Waals surface area contributed by atoms with E-state index < -0.39 is 5.60 Å². The first kappa shape index (κ1) is 8.72. The van der Waals surface area contributed by atoms with Crippen LogP contribution in [0, 0.1) is 0 Å². The van der Waals surface area contributed by atoms with Crippen molar-refractivity contribution in [3.8, 4) is 0 Å². The summed E-state index contributed by atoms with van der Waals surface area (Å²) in [6, 6.07) is 0. The van der Waals surface area contributed by atoms with E-state index in [1.165, 1.54) is 0 Å². The maximum absolute atomic E-state index is 11.1. The molecule has 0 aromatic heterocycles. The number of carbonyl (C=O) groups is 1. The molecule has 2 nitrogen and oxygen atoms in total. The van der Waals surface area contributed by atoms with Gasteiger partial charge in [0.05, 0.1) is 5.60 Å². The Morgan fingerprint density at radius 2 is 2.18 bits per heavy atom. The van der Waals surface area contributed by atoms with Crippen molar-refractivity contribution in [3.63, 3.8) is 0 Å². The minimum absolute atomic E-state index is 0.217. The Balaban J connectivity index is 2.23. The van der Waals surface area contributed by atoms with Gasteiger partial charge in [0.2, 0.25) is 0 Å². The van der Waals surface area contributed by atoms with Crippen LogP contribution in [0.1, 0.15) is 45.4 Å². The second kappa shape index (κ2) is 3.35. The zero-order valence-corrected chi connectivity index (χ0v) is 7.10. The van der Waals surface area contributed by atoms with Gasteiger partial charge in [-0.2, -0.15) is 0 Å². The predicted molar refractivity (Wildman–Crippen MR) is 43.3 cm³/mol. The standard InChI is InChI=1S/C9H16O2/c1-2-4-8(10)7-9(11)5-3-6-9/h11H,2-7H2,1H3. The molecule has 1 aliphatic rings. The number of hydrogen-bond acceptors (Lipinski definition) is 2. The quantitative estimate of drug-likeness (QED) is 0.672. The van der Waals surface area contributed by atoms with Gasteiger partial charge in [-0.3, -0.25) is 4.79 Å². The molecule has 1 aliphatic carbocycles. The number of rotatable bonds is 4. The molecule has 1 saturated carbocycles. The molecule has 64 valence electrons. The smallest absolute Gasteiger partial charge is 0.135 e. The zero-order chi connectivity index (χ0) is 8.32. The van der Waals surface area contributed by atoms with Gasteiger partial charge in [0.1, 0.15) is 5.78 Å². The average molecular weight is 156 g/mol. The van der Waals surface area contributed by atoms with Crippen molar-refractivity contribution in [2.24, 2.45) is 0 Å². The molecule has 1 rings (SSSR count). The van der Waals surface area contributed by atoms with Gasteiger partial charge in [0.15, 0.2) is 0 Å². The molecule has 0 atom stereocenters. The van der Waals surface area contributed by atoms with Gasteiger partial charge in [-0.05, 0) is 25.7 Å². The lowest BCUT2D eigenvalue weighted by Gasteiger charge is -2.35. The molecule has 0 bridgehead atoms. The van der Waals surface area contributed by atoms with Crippen molar-refractivity contribution in [3.05, 3.63) is 0 Å². The minimum atomic E-state index is -0.605. The second-order valence-electron chi connectivity index (χ2n) is 3.54. The van der Waals surface area contributed by atoms with Gasteiger partial charge in [-0.15, -0.1) is 0 Å². The molecule has 2 heteroatoms. The average Bonchev–Trinajstić information content (AvgIpc) is 1.85. The Bertz CT molecular complexity index is 148. The van der Waals surface area contributed by atoms with Crippen LogP contribution < -0.4 is 0 Å². The first-order valence-electron chi connectivity index (χ1n) is 4.40. The first-order valence-corrected chi connectivity index (χ1v) is 4.40. The normalized spacial score (nSPS) is 20.9. The number of hydrogen-bond donors (Lipinski definition) is 1. The molecule has 0 aromatic rings. The lowest BCUT2D eigenvalue weighted by molar-refractivity contribution is -0.128. The van der Waals surface area contributed by atoms with Crippen LogP contribution >= 0.6 is 0 Å². The number of Topliss-reactive ketones (excluding diaryl/α,β-unsaturated/α-hetero) is 1. The van der Waals surface area contributed by atoms with E-state index in [0.29, 0.717) is 12.8 Å². The fourth-order valence-corrected chi connectivity index (χ4v) is 1.50. The molecule has 0 amide bonds. The number of carbonyl (C=O) groups excluding carboxylic acids is 1. The van der Waals surface area contributed by atoms with Crippen LogP contribution in [0.2, 0.25) is 0 Å². The highest BCUT2D eigenvalue weighted by Crippen LogP contribution is 2.34. The van der Waals surface area contributed by atoms with Crippen LogP contribution in [-0.4, -0.2) is 16.5 Å². The molecule has 0 heterocycles.